The Labute approximate surface area is 102 Å². The molecule has 0 bridgehead atoms. The van der Waals surface area contributed by atoms with E-state index in [1.54, 1.807) is 0 Å². The maximum atomic E-state index is 5.98. The van der Waals surface area contributed by atoms with E-state index in [1.165, 1.54) is 5.56 Å². The molecule has 2 aromatic carbocycles. The summed E-state index contributed by atoms with van der Waals surface area (Å²) in [6, 6.07) is 16.2. The molecule has 2 N–H and O–H groups in total. The second-order valence-electron chi connectivity index (χ2n) is 4.13. The summed E-state index contributed by atoms with van der Waals surface area (Å²) < 4.78 is 5.66. The summed E-state index contributed by atoms with van der Waals surface area (Å²) in [6.07, 6.45) is 0. The van der Waals surface area contributed by atoms with Gasteiger partial charge in [-0.15, -0.1) is 0 Å². The van der Waals surface area contributed by atoms with Gasteiger partial charge >= 0.3 is 0 Å². The van der Waals surface area contributed by atoms with Gasteiger partial charge in [0.15, 0.2) is 0 Å². The molecule has 0 aliphatic carbocycles. The van der Waals surface area contributed by atoms with Crippen molar-refractivity contribution in [2.24, 2.45) is 0 Å². The van der Waals surface area contributed by atoms with Crippen molar-refractivity contribution in [2.45, 2.75) is 20.1 Å². The maximum Gasteiger partial charge on any atom is 0.0741 e. The molecule has 0 fully saturated rings. The van der Waals surface area contributed by atoms with Gasteiger partial charge in [0.1, 0.15) is 0 Å². The Hall–Kier alpha value is -1.80. The molecule has 0 saturated heterocycles. The number of hydrogen-bond acceptors (Lipinski definition) is 2. The Kier molecular flexibility index (Phi) is 3.78. The number of nitrogen functional groups attached to an aromatic ring is 1. The van der Waals surface area contributed by atoms with Gasteiger partial charge in [0.2, 0.25) is 0 Å². The van der Waals surface area contributed by atoms with Crippen LogP contribution in [0.5, 0.6) is 0 Å². The third kappa shape index (κ3) is 3.08. The van der Waals surface area contributed by atoms with E-state index in [-0.39, 0.29) is 0 Å². The van der Waals surface area contributed by atoms with E-state index < -0.39 is 0 Å². The van der Waals surface area contributed by atoms with Gasteiger partial charge in [-0.3, -0.25) is 0 Å². The molecule has 0 atom stereocenters. The van der Waals surface area contributed by atoms with Crippen LogP contribution in [0.2, 0.25) is 0 Å². The number of hydrogen-bond donors (Lipinski definition) is 1. The zero-order valence-electron chi connectivity index (χ0n) is 10.0. The molecule has 0 aliphatic rings. The van der Waals surface area contributed by atoms with Crippen LogP contribution in [-0.2, 0) is 18.0 Å². The fraction of sp³-hybridized carbons (Fsp3) is 0.200. The highest BCUT2D eigenvalue weighted by Gasteiger charge is 2.01. The fourth-order valence-electron chi connectivity index (χ4n) is 1.72. The van der Waals surface area contributed by atoms with Crippen LogP contribution in [-0.4, -0.2) is 0 Å². The second-order valence-corrected chi connectivity index (χ2v) is 4.13. The summed E-state index contributed by atoms with van der Waals surface area (Å²) in [6.45, 7) is 3.19. The minimum Gasteiger partial charge on any atom is -0.398 e. The van der Waals surface area contributed by atoms with Crippen molar-refractivity contribution in [1.29, 1.82) is 0 Å². The molecule has 0 heterocycles. The lowest BCUT2D eigenvalue weighted by molar-refractivity contribution is 0.107. The van der Waals surface area contributed by atoms with Gasteiger partial charge in [-0.1, -0.05) is 48.5 Å². The Morgan fingerprint density at radius 2 is 1.71 bits per heavy atom. The summed E-state index contributed by atoms with van der Waals surface area (Å²) in [5, 5.41) is 0. The number of nitrogens with two attached hydrogens (primary N) is 1. The highest BCUT2D eigenvalue weighted by atomic mass is 16.5. The number of anilines is 1. The molecule has 0 spiro atoms. The molecule has 2 heteroatoms. The van der Waals surface area contributed by atoms with Gasteiger partial charge in [0.25, 0.3) is 0 Å². The van der Waals surface area contributed by atoms with Gasteiger partial charge in [-0.25, -0.2) is 0 Å². The van der Waals surface area contributed by atoms with Gasteiger partial charge in [-0.05, 0) is 18.1 Å². The van der Waals surface area contributed by atoms with E-state index in [0.717, 1.165) is 16.8 Å². The van der Waals surface area contributed by atoms with Gasteiger partial charge in [0.05, 0.1) is 13.2 Å². The van der Waals surface area contributed by atoms with Crippen molar-refractivity contribution >= 4 is 5.69 Å². The van der Waals surface area contributed by atoms with E-state index in [1.807, 2.05) is 43.3 Å². The summed E-state index contributed by atoms with van der Waals surface area (Å²) in [4.78, 5) is 0. The number of rotatable bonds is 4. The largest absolute Gasteiger partial charge is 0.398 e. The van der Waals surface area contributed by atoms with Gasteiger partial charge in [0, 0.05) is 11.3 Å². The van der Waals surface area contributed by atoms with Gasteiger partial charge < -0.3 is 10.5 Å². The second kappa shape index (κ2) is 5.51. The molecule has 2 nitrogen and oxygen atoms in total. The molecule has 0 unspecified atom stereocenters. The van der Waals surface area contributed by atoms with E-state index in [0.29, 0.717) is 13.2 Å². The third-order valence-corrected chi connectivity index (χ3v) is 2.78. The predicted octanol–water partition coefficient (Wildman–Crippen LogP) is 3.29. The van der Waals surface area contributed by atoms with Crippen molar-refractivity contribution in [3.05, 3.63) is 65.2 Å². The van der Waals surface area contributed by atoms with Crippen molar-refractivity contribution in [1.82, 2.24) is 0 Å². The van der Waals surface area contributed by atoms with Crippen LogP contribution in [0.3, 0.4) is 0 Å². The lowest BCUT2D eigenvalue weighted by Gasteiger charge is -2.09. The number of ether oxygens (including phenoxy) is 1. The van der Waals surface area contributed by atoms with Crippen LogP contribution in [0, 0.1) is 6.92 Å². The molecular formula is C15H17NO. The van der Waals surface area contributed by atoms with Crippen LogP contribution in [0.1, 0.15) is 16.7 Å². The zero-order valence-corrected chi connectivity index (χ0v) is 10.0. The lowest BCUT2D eigenvalue weighted by Crippen LogP contribution is -2.00. The molecule has 2 aromatic rings. The van der Waals surface area contributed by atoms with Gasteiger partial charge in [-0.2, -0.15) is 0 Å². The number of aryl methyl sites for hydroxylation is 1. The summed E-state index contributed by atoms with van der Waals surface area (Å²) in [5.41, 5.74) is 10.2. The van der Waals surface area contributed by atoms with Crippen LogP contribution >= 0.6 is 0 Å². The average molecular weight is 227 g/mol. The average Bonchev–Trinajstić information content (AvgIpc) is 2.36. The quantitative estimate of drug-likeness (QED) is 0.813. The topological polar surface area (TPSA) is 35.2 Å². The maximum absolute atomic E-state index is 5.98. The summed E-state index contributed by atoms with van der Waals surface area (Å²) in [5.74, 6) is 0. The van der Waals surface area contributed by atoms with Crippen molar-refractivity contribution in [3.63, 3.8) is 0 Å². The third-order valence-electron chi connectivity index (χ3n) is 2.78. The van der Waals surface area contributed by atoms with Crippen LogP contribution in [0.25, 0.3) is 0 Å². The molecule has 0 amide bonds. The van der Waals surface area contributed by atoms with E-state index in [4.69, 9.17) is 10.5 Å². The van der Waals surface area contributed by atoms with Crippen molar-refractivity contribution in [3.8, 4) is 0 Å². The number of para-hydroxylation sites is 1. The monoisotopic (exact) mass is 227 g/mol. The smallest absolute Gasteiger partial charge is 0.0741 e. The fourth-order valence-corrected chi connectivity index (χ4v) is 1.72. The first-order valence-corrected chi connectivity index (χ1v) is 5.73. The number of benzene rings is 2. The van der Waals surface area contributed by atoms with Crippen LogP contribution < -0.4 is 5.73 Å². The highest BCUT2D eigenvalue weighted by molar-refractivity contribution is 5.52. The molecular weight excluding hydrogens is 210 g/mol. The standard InChI is InChI=1S/C15H17NO/c1-12-6-5-9-14(15(12)16)11-17-10-13-7-3-2-4-8-13/h2-9H,10-11,16H2,1H3. The van der Waals surface area contributed by atoms with E-state index >= 15 is 0 Å². The minimum absolute atomic E-state index is 0.558. The molecule has 17 heavy (non-hydrogen) atoms. The Balaban J connectivity index is 1.93. The molecule has 0 saturated carbocycles. The first-order valence-electron chi connectivity index (χ1n) is 5.73. The van der Waals surface area contributed by atoms with E-state index in [2.05, 4.69) is 12.1 Å². The van der Waals surface area contributed by atoms with Crippen molar-refractivity contribution < 1.29 is 4.74 Å². The van der Waals surface area contributed by atoms with Crippen molar-refractivity contribution in [2.75, 3.05) is 5.73 Å². The lowest BCUT2D eigenvalue weighted by atomic mass is 10.1. The Bertz CT molecular complexity index is 480. The highest BCUT2D eigenvalue weighted by Crippen LogP contribution is 2.17. The Morgan fingerprint density at radius 3 is 2.47 bits per heavy atom. The first kappa shape index (κ1) is 11.7. The molecule has 88 valence electrons. The normalized spacial score (nSPS) is 10.4. The minimum atomic E-state index is 0.558. The molecule has 0 aromatic heterocycles. The summed E-state index contributed by atoms with van der Waals surface area (Å²) >= 11 is 0. The molecule has 2 rings (SSSR count). The predicted molar refractivity (Wildman–Crippen MR) is 70.5 cm³/mol. The van der Waals surface area contributed by atoms with Crippen LogP contribution in [0.15, 0.2) is 48.5 Å². The SMILES string of the molecule is Cc1cccc(COCc2ccccc2)c1N. The first-order chi connectivity index (χ1) is 8.27. The van der Waals surface area contributed by atoms with Crippen LogP contribution in [0.4, 0.5) is 5.69 Å². The zero-order chi connectivity index (χ0) is 12.1. The Morgan fingerprint density at radius 1 is 0.941 bits per heavy atom. The van der Waals surface area contributed by atoms with E-state index in [9.17, 15) is 0 Å². The summed E-state index contributed by atoms with van der Waals surface area (Å²) in [7, 11) is 0. The molecule has 0 radical (unpaired) electrons. The molecule has 0 aliphatic heterocycles.